The Morgan fingerprint density at radius 3 is 2.90 bits per heavy atom. The second kappa shape index (κ2) is 9.20. The van der Waals surface area contributed by atoms with Gasteiger partial charge in [0.15, 0.2) is 0 Å². The van der Waals surface area contributed by atoms with Crippen LogP contribution in [-0.4, -0.2) is 62.9 Å². The Kier molecular flexibility index (Phi) is 7.96. The van der Waals surface area contributed by atoms with Gasteiger partial charge in [0, 0.05) is 59.1 Å². The largest absolute Gasteiger partial charge is 0.383 e. The van der Waals surface area contributed by atoms with Crippen molar-refractivity contribution < 1.29 is 4.74 Å². The molecule has 1 aromatic rings. The number of rotatable bonds is 6. The van der Waals surface area contributed by atoms with E-state index in [0.29, 0.717) is 6.04 Å². The molecular formula is C15H27ClN4O. The maximum atomic E-state index is 5.09. The molecule has 5 nitrogen and oxygen atoms in total. The summed E-state index contributed by atoms with van der Waals surface area (Å²) in [6.45, 7) is 8.10. The number of likely N-dealkylation sites (N-methyl/N-ethyl adjacent to an activating group) is 1. The van der Waals surface area contributed by atoms with E-state index in [1.807, 2.05) is 13.2 Å². The molecule has 2 heterocycles. The summed E-state index contributed by atoms with van der Waals surface area (Å²) in [4.78, 5) is 9.16. The van der Waals surface area contributed by atoms with Crippen LogP contribution >= 0.6 is 12.4 Å². The summed E-state index contributed by atoms with van der Waals surface area (Å²) in [6.07, 6.45) is 1.99. The molecule has 1 aliphatic heterocycles. The zero-order valence-electron chi connectivity index (χ0n) is 13.2. The fourth-order valence-corrected chi connectivity index (χ4v) is 2.43. The summed E-state index contributed by atoms with van der Waals surface area (Å²) in [5, 5.41) is 3.42. The first kappa shape index (κ1) is 18.2. The monoisotopic (exact) mass is 314 g/mol. The van der Waals surface area contributed by atoms with E-state index in [1.54, 1.807) is 7.11 Å². The first-order chi connectivity index (χ1) is 9.70. The Bertz CT molecular complexity index is 401. The van der Waals surface area contributed by atoms with Gasteiger partial charge in [-0.3, -0.25) is 4.90 Å². The van der Waals surface area contributed by atoms with Crippen LogP contribution < -0.4 is 10.2 Å². The van der Waals surface area contributed by atoms with E-state index in [2.05, 4.69) is 39.2 Å². The second-order valence-corrected chi connectivity index (χ2v) is 5.46. The maximum absolute atomic E-state index is 5.09. The predicted molar refractivity (Wildman–Crippen MR) is 89.4 cm³/mol. The highest BCUT2D eigenvalue weighted by Gasteiger charge is 2.17. The molecule has 0 aromatic carbocycles. The molecule has 120 valence electrons. The van der Waals surface area contributed by atoms with Crippen molar-refractivity contribution >= 4 is 18.2 Å². The first-order valence-electron chi connectivity index (χ1n) is 7.30. The summed E-state index contributed by atoms with van der Waals surface area (Å²) < 4.78 is 5.09. The minimum atomic E-state index is 0. The Balaban J connectivity index is 0.00000220. The van der Waals surface area contributed by atoms with Crippen LogP contribution in [0.25, 0.3) is 0 Å². The molecule has 0 aliphatic carbocycles. The van der Waals surface area contributed by atoms with Crippen LogP contribution in [0.15, 0.2) is 18.3 Å². The van der Waals surface area contributed by atoms with Gasteiger partial charge in [-0.2, -0.15) is 0 Å². The van der Waals surface area contributed by atoms with Crippen LogP contribution in [0.3, 0.4) is 0 Å². The zero-order valence-corrected chi connectivity index (χ0v) is 14.0. The molecule has 1 N–H and O–H groups in total. The lowest BCUT2D eigenvalue weighted by Crippen LogP contribution is -2.49. The van der Waals surface area contributed by atoms with Gasteiger partial charge in [-0.1, -0.05) is 6.07 Å². The zero-order chi connectivity index (χ0) is 14.4. The Morgan fingerprint density at radius 1 is 1.48 bits per heavy atom. The van der Waals surface area contributed by atoms with Crippen molar-refractivity contribution in [2.75, 3.05) is 51.8 Å². The molecule has 1 aliphatic rings. The Hall–Kier alpha value is -0.880. The van der Waals surface area contributed by atoms with Gasteiger partial charge >= 0.3 is 0 Å². The molecule has 0 amide bonds. The summed E-state index contributed by atoms with van der Waals surface area (Å²) in [7, 11) is 3.76. The van der Waals surface area contributed by atoms with Crippen LogP contribution in [0.5, 0.6) is 0 Å². The smallest absolute Gasteiger partial charge is 0.128 e. The molecule has 1 fully saturated rings. The van der Waals surface area contributed by atoms with Crippen molar-refractivity contribution in [1.29, 1.82) is 0 Å². The van der Waals surface area contributed by atoms with Gasteiger partial charge in [-0.15, -0.1) is 12.4 Å². The van der Waals surface area contributed by atoms with Crippen molar-refractivity contribution in [3.05, 3.63) is 23.9 Å². The van der Waals surface area contributed by atoms with Gasteiger partial charge in [0.2, 0.25) is 0 Å². The predicted octanol–water partition coefficient (Wildman–Crippen LogP) is 1.38. The molecule has 1 aromatic heterocycles. The third-order valence-corrected chi connectivity index (χ3v) is 3.86. The third kappa shape index (κ3) is 5.43. The average Bonchev–Trinajstić information content (AvgIpc) is 2.48. The Morgan fingerprint density at radius 2 is 2.29 bits per heavy atom. The third-order valence-electron chi connectivity index (χ3n) is 3.86. The molecule has 0 saturated carbocycles. The van der Waals surface area contributed by atoms with Crippen molar-refractivity contribution in [3.8, 4) is 0 Å². The minimum Gasteiger partial charge on any atom is -0.383 e. The SMILES string of the molecule is COCCN(C)c1ccc(CN2CCNC[C@H]2C)cn1.Cl. The number of hydrogen-bond acceptors (Lipinski definition) is 5. The number of ether oxygens (including phenoxy) is 1. The summed E-state index contributed by atoms with van der Waals surface area (Å²) in [5.74, 6) is 0.999. The summed E-state index contributed by atoms with van der Waals surface area (Å²) in [5.41, 5.74) is 1.28. The Labute approximate surface area is 134 Å². The standard InChI is InChI=1S/C15H26N4O.ClH/c1-13-10-16-6-7-19(13)12-14-4-5-15(17-11-14)18(2)8-9-20-3;/h4-5,11,13,16H,6-10,12H2,1-3H3;1H/t13-;/m1./s1. The number of halogens is 1. The molecule has 0 radical (unpaired) electrons. The van der Waals surface area contributed by atoms with Crippen LogP contribution in [0.4, 0.5) is 5.82 Å². The number of aromatic nitrogens is 1. The molecular weight excluding hydrogens is 288 g/mol. The quantitative estimate of drug-likeness (QED) is 0.859. The van der Waals surface area contributed by atoms with E-state index in [1.165, 1.54) is 5.56 Å². The van der Waals surface area contributed by atoms with Gasteiger partial charge in [0.1, 0.15) is 5.82 Å². The van der Waals surface area contributed by atoms with Crippen molar-refractivity contribution in [2.24, 2.45) is 0 Å². The highest BCUT2D eigenvalue weighted by atomic mass is 35.5. The van der Waals surface area contributed by atoms with E-state index in [0.717, 1.165) is 45.1 Å². The topological polar surface area (TPSA) is 40.6 Å². The lowest BCUT2D eigenvalue weighted by Gasteiger charge is -2.33. The number of piperazine rings is 1. The fraction of sp³-hybridized carbons (Fsp3) is 0.667. The molecule has 2 rings (SSSR count). The summed E-state index contributed by atoms with van der Waals surface area (Å²) in [6, 6.07) is 4.87. The number of nitrogens with zero attached hydrogens (tertiary/aromatic N) is 3. The van der Waals surface area contributed by atoms with Gasteiger partial charge in [0.05, 0.1) is 6.61 Å². The normalized spacial score (nSPS) is 19.1. The number of nitrogens with one attached hydrogen (secondary N) is 1. The van der Waals surface area contributed by atoms with Gasteiger partial charge in [-0.05, 0) is 18.6 Å². The number of anilines is 1. The lowest BCUT2D eigenvalue weighted by atomic mass is 10.2. The van der Waals surface area contributed by atoms with E-state index in [-0.39, 0.29) is 12.4 Å². The van der Waals surface area contributed by atoms with E-state index in [4.69, 9.17) is 4.74 Å². The number of pyridine rings is 1. The van der Waals surface area contributed by atoms with Crippen molar-refractivity contribution in [2.45, 2.75) is 19.5 Å². The molecule has 6 heteroatoms. The maximum Gasteiger partial charge on any atom is 0.128 e. The van der Waals surface area contributed by atoms with Crippen molar-refractivity contribution in [3.63, 3.8) is 0 Å². The number of methoxy groups -OCH3 is 1. The number of hydrogen-bond donors (Lipinski definition) is 1. The van der Waals surface area contributed by atoms with Crippen LogP contribution in [0, 0.1) is 0 Å². The van der Waals surface area contributed by atoms with E-state index >= 15 is 0 Å². The molecule has 0 bridgehead atoms. The highest BCUT2D eigenvalue weighted by molar-refractivity contribution is 5.85. The fourth-order valence-electron chi connectivity index (χ4n) is 2.43. The molecule has 0 unspecified atom stereocenters. The summed E-state index contributed by atoms with van der Waals surface area (Å²) >= 11 is 0. The second-order valence-electron chi connectivity index (χ2n) is 5.46. The average molecular weight is 315 g/mol. The van der Waals surface area contributed by atoms with Crippen LogP contribution in [0.1, 0.15) is 12.5 Å². The van der Waals surface area contributed by atoms with Gasteiger partial charge < -0.3 is 15.0 Å². The van der Waals surface area contributed by atoms with E-state index < -0.39 is 0 Å². The first-order valence-corrected chi connectivity index (χ1v) is 7.30. The lowest BCUT2D eigenvalue weighted by molar-refractivity contribution is 0.165. The molecule has 21 heavy (non-hydrogen) atoms. The van der Waals surface area contributed by atoms with Gasteiger partial charge in [-0.25, -0.2) is 4.98 Å². The molecule has 1 saturated heterocycles. The van der Waals surface area contributed by atoms with E-state index in [9.17, 15) is 0 Å². The van der Waals surface area contributed by atoms with Crippen molar-refractivity contribution in [1.82, 2.24) is 15.2 Å². The highest BCUT2D eigenvalue weighted by Crippen LogP contribution is 2.13. The van der Waals surface area contributed by atoms with Crippen LogP contribution in [-0.2, 0) is 11.3 Å². The molecule has 1 atom stereocenters. The minimum absolute atomic E-state index is 0. The molecule has 0 spiro atoms. The van der Waals surface area contributed by atoms with Gasteiger partial charge in [0.25, 0.3) is 0 Å². The van der Waals surface area contributed by atoms with Crippen LogP contribution in [0.2, 0.25) is 0 Å².